The van der Waals surface area contributed by atoms with Crippen molar-refractivity contribution in [1.82, 2.24) is 19.9 Å². The molecule has 134 valence electrons. The van der Waals surface area contributed by atoms with E-state index in [1.807, 2.05) is 0 Å². The summed E-state index contributed by atoms with van der Waals surface area (Å²) in [7, 11) is -2.05. The summed E-state index contributed by atoms with van der Waals surface area (Å²) in [6.07, 6.45) is 16.5. The molecule has 3 aliphatic rings. The molecule has 0 amide bonds. The van der Waals surface area contributed by atoms with Crippen molar-refractivity contribution in [3.8, 4) is 0 Å². The standard InChI is InChI=1S/C18H38N4Si/c1-15(2)19-23(20-16-9-3-4-10-16,21-17-11-5-6-12-17)22-18-13-7-8-14-18/h15-22H,3-14H2,1-2H3. The van der Waals surface area contributed by atoms with Crippen LogP contribution in [0.4, 0.5) is 0 Å². The van der Waals surface area contributed by atoms with Gasteiger partial charge in [0.25, 0.3) is 0 Å². The van der Waals surface area contributed by atoms with Crippen LogP contribution in [-0.4, -0.2) is 32.9 Å². The van der Waals surface area contributed by atoms with Crippen molar-refractivity contribution in [3.63, 3.8) is 0 Å². The van der Waals surface area contributed by atoms with Crippen molar-refractivity contribution >= 4 is 8.72 Å². The van der Waals surface area contributed by atoms with Crippen LogP contribution >= 0.6 is 0 Å². The first kappa shape index (κ1) is 17.9. The van der Waals surface area contributed by atoms with Crippen molar-refractivity contribution in [3.05, 3.63) is 0 Å². The summed E-state index contributed by atoms with van der Waals surface area (Å²) in [6, 6.07) is 2.63. The lowest BCUT2D eigenvalue weighted by Gasteiger charge is -2.41. The van der Waals surface area contributed by atoms with E-state index in [2.05, 4.69) is 33.8 Å². The van der Waals surface area contributed by atoms with Crippen LogP contribution in [0.3, 0.4) is 0 Å². The second kappa shape index (κ2) is 8.43. The molecular weight excluding hydrogens is 300 g/mol. The molecule has 0 saturated heterocycles. The smallest absolute Gasteiger partial charge is 0.298 e. The van der Waals surface area contributed by atoms with Crippen LogP contribution < -0.4 is 19.9 Å². The van der Waals surface area contributed by atoms with Gasteiger partial charge in [0.1, 0.15) is 0 Å². The molecule has 3 fully saturated rings. The van der Waals surface area contributed by atoms with Crippen molar-refractivity contribution in [2.45, 2.75) is 115 Å². The van der Waals surface area contributed by atoms with E-state index in [0.717, 1.165) is 0 Å². The molecule has 3 rings (SSSR count). The molecule has 0 radical (unpaired) electrons. The topological polar surface area (TPSA) is 48.1 Å². The van der Waals surface area contributed by atoms with E-state index in [-0.39, 0.29) is 0 Å². The number of hydrogen-bond donors (Lipinski definition) is 4. The zero-order valence-corrected chi connectivity index (χ0v) is 16.3. The molecule has 0 aromatic carbocycles. The molecule has 0 aliphatic heterocycles. The Morgan fingerprint density at radius 1 is 0.609 bits per heavy atom. The van der Waals surface area contributed by atoms with Crippen LogP contribution in [0.5, 0.6) is 0 Å². The van der Waals surface area contributed by atoms with Crippen LogP contribution in [0.2, 0.25) is 0 Å². The van der Waals surface area contributed by atoms with Crippen molar-refractivity contribution in [2.24, 2.45) is 0 Å². The average molecular weight is 339 g/mol. The first-order valence-electron chi connectivity index (χ1n) is 10.3. The summed E-state index contributed by atoms with van der Waals surface area (Å²) in [5, 5.41) is 0. The predicted molar refractivity (Wildman–Crippen MR) is 100 cm³/mol. The minimum absolute atomic E-state index is 0.512. The lowest BCUT2D eigenvalue weighted by atomic mass is 10.3. The zero-order valence-electron chi connectivity index (χ0n) is 15.3. The molecule has 0 atom stereocenters. The van der Waals surface area contributed by atoms with E-state index in [9.17, 15) is 0 Å². The SMILES string of the molecule is CC(C)N[Si](NC1CCCC1)(NC1CCCC1)NC1CCCC1. The Labute approximate surface area is 144 Å². The third-order valence-corrected chi connectivity index (χ3v) is 9.37. The van der Waals surface area contributed by atoms with Gasteiger partial charge in [0.2, 0.25) is 0 Å². The molecule has 0 heterocycles. The Kier molecular flexibility index (Phi) is 6.55. The lowest BCUT2D eigenvalue weighted by Crippen LogP contribution is -2.85. The summed E-state index contributed by atoms with van der Waals surface area (Å²) >= 11 is 0. The second-order valence-electron chi connectivity index (χ2n) is 8.43. The van der Waals surface area contributed by atoms with Crippen LogP contribution in [-0.2, 0) is 0 Å². The van der Waals surface area contributed by atoms with E-state index in [0.29, 0.717) is 24.2 Å². The van der Waals surface area contributed by atoms with Crippen LogP contribution in [0.15, 0.2) is 0 Å². The molecule has 3 saturated carbocycles. The fourth-order valence-electron chi connectivity index (χ4n) is 4.81. The Morgan fingerprint density at radius 3 is 1.17 bits per heavy atom. The summed E-state index contributed by atoms with van der Waals surface area (Å²) in [6.45, 7) is 4.59. The Hall–Kier alpha value is 0.0569. The maximum absolute atomic E-state index is 4.12. The third-order valence-electron chi connectivity index (χ3n) is 5.83. The second-order valence-corrected chi connectivity index (χ2v) is 11.1. The minimum Gasteiger partial charge on any atom is -0.298 e. The molecule has 4 N–H and O–H groups in total. The molecule has 0 aromatic rings. The highest BCUT2D eigenvalue weighted by molar-refractivity contribution is 6.70. The predicted octanol–water partition coefficient (Wildman–Crippen LogP) is 3.02. The zero-order chi connectivity index (χ0) is 16.1. The Morgan fingerprint density at radius 2 is 0.913 bits per heavy atom. The van der Waals surface area contributed by atoms with Crippen LogP contribution in [0.25, 0.3) is 0 Å². The average Bonchev–Trinajstić information content (AvgIpc) is 3.20. The Bertz CT molecular complexity index is 299. The van der Waals surface area contributed by atoms with E-state index in [4.69, 9.17) is 0 Å². The fraction of sp³-hybridized carbons (Fsp3) is 1.00. The van der Waals surface area contributed by atoms with Gasteiger partial charge in [0.15, 0.2) is 0 Å². The van der Waals surface area contributed by atoms with Gasteiger partial charge in [-0.05, 0) is 44.6 Å². The molecule has 0 bridgehead atoms. The van der Waals surface area contributed by atoms with Gasteiger partial charge in [0.05, 0.1) is 0 Å². The first-order chi connectivity index (χ1) is 11.2. The maximum Gasteiger partial charge on any atom is 0.366 e. The summed E-state index contributed by atoms with van der Waals surface area (Å²) in [5.41, 5.74) is 0. The molecule has 5 heteroatoms. The summed E-state index contributed by atoms with van der Waals surface area (Å²) in [5.74, 6) is 0. The molecule has 23 heavy (non-hydrogen) atoms. The van der Waals surface area contributed by atoms with Gasteiger partial charge in [0, 0.05) is 18.1 Å². The van der Waals surface area contributed by atoms with Gasteiger partial charge < -0.3 is 0 Å². The normalized spacial score (nSPS) is 25.2. The fourth-order valence-corrected chi connectivity index (χ4v) is 8.88. The van der Waals surface area contributed by atoms with Crippen LogP contribution in [0.1, 0.15) is 90.9 Å². The molecule has 3 aliphatic carbocycles. The highest BCUT2D eigenvalue weighted by atomic mass is 28.4. The molecule has 4 nitrogen and oxygen atoms in total. The van der Waals surface area contributed by atoms with Gasteiger partial charge >= 0.3 is 8.72 Å². The van der Waals surface area contributed by atoms with Crippen molar-refractivity contribution < 1.29 is 0 Å². The quantitative estimate of drug-likeness (QED) is 0.514. The summed E-state index contributed by atoms with van der Waals surface area (Å²) < 4.78 is 0. The van der Waals surface area contributed by atoms with Crippen LogP contribution in [0, 0.1) is 0 Å². The van der Waals surface area contributed by atoms with Crippen molar-refractivity contribution in [2.75, 3.05) is 0 Å². The van der Waals surface area contributed by atoms with Gasteiger partial charge in [-0.15, -0.1) is 0 Å². The van der Waals surface area contributed by atoms with Gasteiger partial charge in [-0.3, -0.25) is 19.9 Å². The summed E-state index contributed by atoms with van der Waals surface area (Å²) in [4.78, 5) is 16.3. The number of nitrogens with one attached hydrogen (secondary N) is 4. The monoisotopic (exact) mass is 338 g/mol. The minimum atomic E-state index is -2.05. The van der Waals surface area contributed by atoms with Gasteiger partial charge in [-0.25, -0.2) is 0 Å². The maximum atomic E-state index is 4.12. The van der Waals surface area contributed by atoms with Crippen molar-refractivity contribution in [1.29, 1.82) is 0 Å². The molecule has 0 aromatic heterocycles. The first-order valence-corrected chi connectivity index (χ1v) is 12.3. The number of rotatable bonds is 8. The number of hydrogen-bond acceptors (Lipinski definition) is 4. The highest BCUT2D eigenvalue weighted by Crippen LogP contribution is 2.23. The van der Waals surface area contributed by atoms with E-state index in [1.165, 1.54) is 77.0 Å². The largest absolute Gasteiger partial charge is 0.366 e. The molecule has 0 unspecified atom stereocenters. The third kappa shape index (κ3) is 5.26. The highest BCUT2D eigenvalue weighted by Gasteiger charge is 2.42. The van der Waals surface area contributed by atoms with E-state index < -0.39 is 8.72 Å². The van der Waals surface area contributed by atoms with E-state index in [1.54, 1.807) is 0 Å². The molecular formula is C18H38N4Si. The van der Waals surface area contributed by atoms with Gasteiger partial charge in [-0.2, -0.15) is 0 Å². The van der Waals surface area contributed by atoms with Gasteiger partial charge in [-0.1, -0.05) is 52.4 Å². The Balaban J connectivity index is 1.72. The van der Waals surface area contributed by atoms with E-state index >= 15 is 0 Å². The lowest BCUT2D eigenvalue weighted by molar-refractivity contribution is 0.493. The molecule has 0 spiro atoms.